The van der Waals surface area contributed by atoms with Gasteiger partial charge in [0.05, 0.1) is 11.3 Å². The molecule has 1 aromatic carbocycles. The van der Waals surface area contributed by atoms with Gasteiger partial charge in [-0.25, -0.2) is 23.7 Å². The van der Waals surface area contributed by atoms with Crippen molar-refractivity contribution in [1.82, 2.24) is 19.9 Å². The van der Waals surface area contributed by atoms with Crippen molar-refractivity contribution in [3.05, 3.63) is 84.4 Å². The van der Waals surface area contributed by atoms with Crippen LogP contribution in [0.15, 0.2) is 73.3 Å². The fourth-order valence-corrected chi connectivity index (χ4v) is 3.00. The molecule has 3 heterocycles. The molecule has 0 atom stereocenters. The molecule has 2 N–H and O–H groups in total. The zero-order chi connectivity index (χ0) is 23.9. The minimum atomic E-state index is -2.60. The van der Waals surface area contributed by atoms with Gasteiger partial charge in [-0.2, -0.15) is 0 Å². The summed E-state index contributed by atoms with van der Waals surface area (Å²) in [6, 6.07) is 13.7. The first-order valence-corrected chi connectivity index (χ1v) is 10.3. The number of anilines is 3. The average molecular weight is 462 g/mol. The van der Waals surface area contributed by atoms with E-state index < -0.39 is 18.9 Å². The first-order valence-electron chi connectivity index (χ1n) is 10.3. The summed E-state index contributed by atoms with van der Waals surface area (Å²) in [7, 11) is 0. The predicted molar refractivity (Wildman–Crippen MR) is 123 cm³/mol. The van der Waals surface area contributed by atoms with E-state index in [1.807, 2.05) is 25.1 Å². The lowest BCUT2D eigenvalue weighted by molar-refractivity contribution is 0.0795. The fraction of sp³-hybridized carbons (Fsp3) is 0.125. The Labute approximate surface area is 194 Å². The number of pyridine rings is 2. The fourth-order valence-electron chi connectivity index (χ4n) is 3.00. The molecule has 3 aromatic heterocycles. The Morgan fingerprint density at radius 3 is 2.68 bits per heavy atom. The number of hydrogen-bond acceptors (Lipinski definition) is 7. The molecule has 0 aliphatic rings. The van der Waals surface area contributed by atoms with E-state index in [2.05, 4.69) is 30.6 Å². The van der Waals surface area contributed by atoms with E-state index in [0.29, 0.717) is 11.6 Å². The highest BCUT2D eigenvalue weighted by atomic mass is 19.3. The molecule has 0 saturated heterocycles. The molecule has 0 fully saturated rings. The molecule has 8 nitrogen and oxygen atoms in total. The summed E-state index contributed by atoms with van der Waals surface area (Å²) >= 11 is 0. The molecule has 0 saturated carbocycles. The zero-order valence-corrected chi connectivity index (χ0v) is 18.1. The van der Waals surface area contributed by atoms with Gasteiger partial charge < -0.3 is 15.4 Å². The van der Waals surface area contributed by atoms with Crippen molar-refractivity contribution >= 4 is 23.2 Å². The number of amides is 1. The van der Waals surface area contributed by atoms with E-state index >= 15 is 0 Å². The average Bonchev–Trinajstić information content (AvgIpc) is 2.86. The van der Waals surface area contributed by atoms with Crippen LogP contribution in [-0.2, 0) is 0 Å². The highest BCUT2D eigenvalue weighted by molar-refractivity contribution is 6.04. The third-order valence-electron chi connectivity index (χ3n) is 4.71. The Hall–Kier alpha value is -4.47. The maximum absolute atomic E-state index is 12.6. The van der Waals surface area contributed by atoms with Crippen LogP contribution in [0.2, 0.25) is 0 Å². The van der Waals surface area contributed by atoms with E-state index in [9.17, 15) is 13.6 Å². The number of hydrogen-bond donors (Lipinski definition) is 2. The predicted octanol–water partition coefficient (Wildman–Crippen LogP) is 4.88. The lowest BCUT2D eigenvalue weighted by atomic mass is 10.1. The number of ether oxygens (including phenoxy) is 1. The van der Waals surface area contributed by atoms with E-state index in [1.165, 1.54) is 18.3 Å². The zero-order valence-electron chi connectivity index (χ0n) is 18.1. The molecule has 4 aromatic rings. The standard InChI is InChI=1S/C24H20F2N6O2/c1-15-4-6-18(30-23(33)17-5-7-22(29-13-17)34-14-21(25)26)11-20(15)32-24-28-10-8-19(31-24)16-3-2-9-27-12-16/h2-13,21H,14H2,1H3,(H,30,33)(H,28,31,32). The van der Waals surface area contributed by atoms with Gasteiger partial charge in [-0.15, -0.1) is 0 Å². The monoisotopic (exact) mass is 462 g/mol. The van der Waals surface area contributed by atoms with Gasteiger partial charge in [-0.3, -0.25) is 9.78 Å². The van der Waals surface area contributed by atoms with Crippen molar-refractivity contribution in [1.29, 1.82) is 0 Å². The van der Waals surface area contributed by atoms with E-state index in [0.717, 1.165) is 22.5 Å². The molecule has 1 amide bonds. The van der Waals surface area contributed by atoms with Crippen LogP contribution in [0.3, 0.4) is 0 Å². The van der Waals surface area contributed by atoms with Crippen LogP contribution in [0, 0.1) is 6.92 Å². The molecule has 34 heavy (non-hydrogen) atoms. The number of nitrogens with zero attached hydrogens (tertiary/aromatic N) is 4. The Balaban J connectivity index is 1.46. The number of rotatable bonds is 8. The van der Waals surface area contributed by atoms with Crippen molar-refractivity contribution in [3.8, 4) is 17.1 Å². The first kappa shape index (κ1) is 22.7. The second kappa shape index (κ2) is 10.4. The highest BCUT2D eigenvalue weighted by Crippen LogP contribution is 2.24. The molecular weight excluding hydrogens is 442 g/mol. The number of aryl methyl sites for hydroxylation is 1. The number of benzene rings is 1. The summed E-state index contributed by atoms with van der Waals surface area (Å²) < 4.78 is 29.3. The maximum Gasteiger partial charge on any atom is 0.272 e. The van der Waals surface area contributed by atoms with Crippen LogP contribution in [0.1, 0.15) is 15.9 Å². The van der Waals surface area contributed by atoms with Crippen molar-refractivity contribution < 1.29 is 18.3 Å². The Morgan fingerprint density at radius 1 is 1.06 bits per heavy atom. The molecule has 0 aliphatic carbocycles. The number of halogens is 2. The number of carbonyl (C=O) groups excluding carboxylic acids is 1. The summed E-state index contributed by atoms with van der Waals surface area (Å²) in [5.74, 6) is 0.0150. The Kier molecular flexibility index (Phi) is 6.97. The van der Waals surface area contributed by atoms with Gasteiger partial charge in [-0.1, -0.05) is 6.07 Å². The molecule has 0 spiro atoms. The van der Waals surface area contributed by atoms with Crippen molar-refractivity contribution in [2.75, 3.05) is 17.2 Å². The highest BCUT2D eigenvalue weighted by Gasteiger charge is 2.11. The topological polar surface area (TPSA) is 102 Å². The molecule has 0 aliphatic heterocycles. The SMILES string of the molecule is Cc1ccc(NC(=O)c2ccc(OCC(F)F)nc2)cc1Nc1nccc(-c2cccnc2)n1. The molecule has 10 heteroatoms. The number of alkyl halides is 2. The first-order chi connectivity index (χ1) is 16.5. The number of carbonyl (C=O) groups is 1. The van der Waals surface area contributed by atoms with Gasteiger partial charge >= 0.3 is 0 Å². The van der Waals surface area contributed by atoms with Gasteiger partial charge in [0.2, 0.25) is 11.8 Å². The molecular formula is C24H20F2N6O2. The molecule has 0 unspecified atom stereocenters. The Bertz CT molecular complexity index is 1270. The molecule has 172 valence electrons. The van der Waals surface area contributed by atoms with E-state index in [-0.39, 0.29) is 11.4 Å². The van der Waals surface area contributed by atoms with Gasteiger partial charge in [0.25, 0.3) is 12.3 Å². The van der Waals surface area contributed by atoms with Gasteiger partial charge in [0.15, 0.2) is 6.61 Å². The minimum Gasteiger partial charge on any atom is -0.472 e. The van der Waals surface area contributed by atoms with Gasteiger partial charge in [0, 0.05) is 47.8 Å². The van der Waals surface area contributed by atoms with Crippen LogP contribution in [0.5, 0.6) is 5.88 Å². The second-order valence-electron chi connectivity index (χ2n) is 7.20. The van der Waals surface area contributed by atoms with Crippen LogP contribution in [0.4, 0.5) is 26.1 Å². The second-order valence-corrected chi connectivity index (χ2v) is 7.20. The van der Waals surface area contributed by atoms with Gasteiger partial charge in [-0.05, 0) is 48.9 Å². The maximum atomic E-state index is 12.6. The third kappa shape index (κ3) is 5.85. The number of nitrogens with one attached hydrogen (secondary N) is 2. The summed E-state index contributed by atoms with van der Waals surface area (Å²) in [4.78, 5) is 29.4. The van der Waals surface area contributed by atoms with Crippen LogP contribution in [-0.4, -0.2) is 38.9 Å². The van der Waals surface area contributed by atoms with Crippen molar-refractivity contribution in [2.24, 2.45) is 0 Å². The molecule has 0 bridgehead atoms. The normalized spacial score (nSPS) is 10.7. The molecule has 4 rings (SSSR count). The van der Waals surface area contributed by atoms with Crippen molar-refractivity contribution in [2.45, 2.75) is 13.3 Å². The van der Waals surface area contributed by atoms with E-state index in [4.69, 9.17) is 4.74 Å². The lowest BCUT2D eigenvalue weighted by Gasteiger charge is -2.12. The molecule has 0 radical (unpaired) electrons. The third-order valence-corrected chi connectivity index (χ3v) is 4.71. The van der Waals surface area contributed by atoms with Crippen LogP contribution >= 0.6 is 0 Å². The summed E-state index contributed by atoms with van der Waals surface area (Å²) in [5, 5.41) is 5.97. The smallest absolute Gasteiger partial charge is 0.272 e. The minimum absolute atomic E-state index is 0.0205. The Morgan fingerprint density at radius 2 is 1.94 bits per heavy atom. The largest absolute Gasteiger partial charge is 0.472 e. The number of aromatic nitrogens is 4. The quantitative estimate of drug-likeness (QED) is 0.385. The summed E-state index contributed by atoms with van der Waals surface area (Å²) in [5.41, 5.74) is 4.03. The lowest BCUT2D eigenvalue weighted by Crippen LogP contribution is -2.13. The van der Waals surface area contributed by atoms with Crippen LogP contribution in [0.25, 0.3) is 11.3 Å². The summed E-state index contributed by atoms with van der Waals surface area (Å²) in [6.45, 7) is 1.16. The van der Waals surface area contributed by atoms with Crippen molar-refractivity contribution in [3.63, 3.8) is 0 Å². The van der Waals surface area contributed by atoms with Crippen LogP contribution < -0.4 is 15.4 Å². The van der Waals surface area contributed by atoms with Gasteiger partial charge in [0.1, 0.15) is 0 Å². The van der Waals surface area contributed by atoms with E-state index in [1.54, 1.807) is 36.8 Å². The summed E-state index contributed by atoms with van der Waals surface area (Å²) in [6.07, 6.45) is 3.73.